The minimum atomic E-state index is -2.68. The molecule has 32 heavy (non-hydrogen) atoms. The molecule has 2 N–H and O–H groups in total. The van der Waals surface area contributed by atoms with Crippen molar-refractivity contribution >= 4 is 28.7 Å². The summed E-state index contributed by atoms with van der Waals surface area (Å²) in [4.78, 5) is 40.9. The van der Waals surface area contributed by atoms with Gasteiger partial charge < -0.3 is 14.6 Å². The monoisotopic (exact) mass is 444 g/mol. The maximum Gasteiger partial charge on any atom is 0.343 e. The Morgan fingerprint density at radius 3 is 2.53 bits per heavy atom. The van der Waals surface area contributed by atoms with Gasteiger partial charge in [-0.1, -0.05) is 6.07 Å². The van der Waals surface area contributed by atoms with Crippen LogP contribution in [0.25, 0.3) is 22.0 Å². The number of urea groups is 1. The average Bonchev–Trinajstić information content (AvgIpc) is 2.76. The van der Waals surface area contributed by atoms with Crippen molar-refractivity contribution < 1.29 is 23.1 Å². The number of alkyl halides is 2. The first kappa shape index (κ1) is 22.9. The number of aromatic nitrogens is 2. The summed E-state index contributed by atoms with van der Waals surface area (Å²) in [5, 5.41) is 5.28. The lowest BCUT2D eigenvalue weighted by atomic mass is 10.0. The SMILES string of the molecule is CCNC(=O)Nc1ccc(-c2ccc3c(c2)c(=O)c(C(=O)OCC)cn3CC(F)F)cn1. The molecule has 10 heteroatoms. The molecule has 3 rings (SSSR count). The van der Waals surface area contributed by atoms with E-state index in [0.29, 0.717) is 23.5 Å². The van der Waals surface area contributed by atoms with E-state index in [9.17, 15) is 23.2 Å². The third-order valence-electron chi connectivity index (χ3n) is 4.59. The number of hydrogen-bond acceptors (Lipinski definition) is 5. The second-order valence-corrected chi connectivity index (χ2v) is 6.78. The van der Waals surface area contributed by atoms with Crippen LogP contribution in [-0.4, -0.2) is 41.1 Å². The summed E-state index contributed by atoms with van der Waals surface area (Å²) < 4.78 is 32.3. The van der Waals surface area contributed by atoms with Crippen LogP contribution in [0.15, 0.2) is 47.5 Å². The Morgan fingerprint density at radius 1 is 1.16 bits per heavy atom. The number of fused-ring (bicyclic) bond motifs is 1. The fraction of sp³-hybridized carbons (Fsp3) is 0.273. The summed E-state index contributed by atoms with van der Waals surface area (Å²) in [6.45, 7) is 3.22. The van der Waals surface area contributed by atoms with E-state index >= 15 is 0 Å². The summed E-state index contributed by atoms with van der Waals surface area (Å²) in [5.74, 6) is -0.528. The van der Waals surface area contributed by atoms with E-state index in [1.165, 1.54) is 16.8 Å². The van der Waals surface area contributed by atoms with Gasteiger partial charge in [0.1, 0.15) is 11.4 Å². The van der Waals surface area contributed by atoms with Crippen molar-refractivity contribution in [3.05, 3.63) is 58.5 Å². The Labute approximate surface area is 182 Å². The largest absolute Gasteiger partial charge is 0.462 e. The molecular formula is C22H22F2N4O4. The van der Waals surface area contributed by atoms with Crippen molar-refractivity contribution in [1.29, 1.82) is 0 Å². The number of pyridine rings is 2. The van der Waals surface area contributed by atoms with E-state index in [-0.39, 0.29) is 29.1 Å². The summed E-state index contributed by atoms with van der Waals surface area (Å²) in [5.41, 5.74) is 0.589. The van der Waals surface area contributed by atoms with Gasteiger partial charge >= 0.3 is 12.0 Å². The van der Waals surface area contributed by atoms with Crippen LogP contribution in [0.4, 0.5) is 19.4 Å². The standard InChI is InChI=1S/C22H22F2N4O4/c1-3-25-22(31)27-19-8-6-14(10-26-19)13-5-7-17-15(9-13)20(29)16(21(30)32-4-2)11-28(17)12-18(23)24/h5-11,18H,3-4,12H2,1-2H3,(H2,25,26,27,31). The van der Waals surface area contributed by atoms with E-state index in [2.05, 4.69) is 15.6 Å². The van der Waals surface area contributed by atoms with Gasteiger partial charge in [0.05, 0.1) is 18.7 Å². The Bertz CT molecular complexity index is 1190. The van der Waals surface area contributed by atoms with Gasteiger partial charge in [-0.25, -0.2) is 23.4 Å². The molecule has 0 radical (unpaired) electrons. The van der Waals surface area contributed by atoms with E-state index in [1.807, 2.05) is 0 Å². The average molecular weight is 444 g/mol. The van der Waals surface area contributed by atoms with Crippen LogP contribution in [-0.2, 0) is 11.3 Å². The minimum Gasteiger partial charge on any atom is -0.462 e. The molecule has 0 fully saturated rings. The molecule has 3 aromatic rings. The molecule has 0 saturated carbocycles. The number of halogens is 2. The van der Waals surface area contributed by atoms with Gasteiger partial charge in [0.2, 0.25) is 5.43 Å². The van der Waals surface area contributed by atoms with Gasteiger partial charge in [-0.15, -0.1) is 0 Å². The second kappa shape index (κ2) is 9.99. The molecule has 0 spiro atoms. The van der Waals surface area contributed by atoms with Crippen molar-refractivity contribution in [3.63, 3.8) is 0 Å². The fourth-order valence-electron chi connectivity index (χ4n) is 3.19. The molecule has 2 heterocycles. The highest BCUT2D eigenvalue weighted by atomic mass is 19.3. The van der Waals surface area contributed by atoms with Crippen LogP contribution >= 0.6 is 0 Å². The van der Waals surface area contributed by atoms with Gasteiger partial charge in [0.15, 0.2) is 0 Å². The number of carbonyl (C=O) groups excluding carboxylic acids is 2. The molecule has 0 atom stereocenters. The van der Waals surface area contributed by atoms with Crippen LogP contribution < -0.4 is 16.1 Å². The van der Waals surface area contributed by atoms with Crippen LogP contribution in [0, 0.1) is 0 Å². The number of hydrogen-bond donors (Lipinski definition) is 2. The van der Waals surface area contributed by atoms with Crippen LogP contribution in [0.1, 0.15) is 24.2 Å². The van der Waals surface area contributed by atoms with Crippen molar-refractivity contribution in [1.82, 2.24) is 14.9 Å². The van der Waals surface area contributed by atoms with E-state index in [1.54, 1.807) is 38.1 Å². The van der Waals surface area contributed by atoms with Gasteiger partial charge in [0, 0.05) is 29.9 Å². The number of anilines is 1. The second-order valence-electron chi connectivity index (χ2n) is 6.78. The molecule has 168 valence electrons. The van der Waals surface area contributed by atoms with E-state index in [4.69, 9.17) is 4.74 Å². The quantitative estimate of drug-likeness (QED) is 0.542. The Morgan fingerprint density at radius 2 is 1.91 bits per heavy atom. The number of nitrogens with one attached hydrogen (secondary N) is 2. The third kappa shape index (κ3) is 5.08. The lowest BCUT2D eigenvalue weighted by molar-refractivity contribution is 0.0523. The molecular weight excluding hydrogens is 422 g/mol. The van der Waals surface area contributed by atoms with Crippen molar-refractivity contribution in [2.45, 2.75) is 26.8 Å². The normalized spacial score (nSPS) is 10.9. The van der Waals surface area contributed by atoms with Crippen molar-refractivity contribution in [2.24, 2.45) is 0 Å². The van der Waals surface area contributed by atoms with Crippen LogP contribution in [0.3, 0.4) is 0 Å². The van der Waals surface area contributed by atoms with Crippen LogP contribution in [0.5, 0.6) is 0 Å². The highest BCUT2D eigenvalue weighted by Crippen LogP contribution is 2.24. The maximum atomic E-state index is 13.1. The molecule has 8 nitrogen and oxygen atoms in total. The lowest BCUT2D eigenvalue weighted by Crippen LogP contribution is -2.28. The van der Waals surface area contributed by atoms with Crippen molar-refractivity contribution in [3.8, 4) is 11.1 Å². The van der Waals surface area contributed by atoms with Gasteiger partial charge in [-0.3, -0.25) is 10.1 Å². The van der Waals surface area contributed by atoms with Gasteiger partial charge in [-0.2, -0.15) is 0 Å². The number of benzene rings is 1. The summed E-state index contributed by atoms with van der Waals surface area (Å²) in [7, 11) is 0. The molecule has 0 bridgehead atoms. The Kier molecular flexibility index (Phi) is 7.14. The first-order chi connectivity index (χ1) is 15.3. The number of carbonyl (C=O) groups is 2. The van der Waals surface area contributed by atoms with Gasteiger partial charge in [0.25, 0.3) is 6.43 Å². The number of nitrogens with zero attached hydrogens (tertiary/aromatic N) is 2. The smallest absolute Gasteiger partial charge is 0.343 e. The topological polar surface area (TPSA) is 102 Å². The fourth-order valence-corrected chi connectivity index (χ4v) is 3.19. The molecule has 2 amide bonds. The molecule has 2 aromatic heterocycles. The number of rotatable bonds is 7. The molecule has 0 saturated heterocycles. The van der Waals surface area contributed by atoms with Gasteiger partial charge in [-0.05, 0) is 43.7 Å². The molecule has 0 aliphatic heterocycles. The summed E-state index contributed by atoms with van der Waals surface area (Å²) >= 11 is 0. The van der Waals surface area contributed by atoms with Crippen LogP contribution in [0.2, 0.25) is 0 Å². The lowest BCUT2D eigenvalue weighted by Gasteiger charge is -2.14. The summed E-state index contributed by atoms with van der Waals surface area (Å²) in [6.07, 6.45) is -0.0578. The zero-order valence-electron chi connectivity index (χ0n) is 17.5. The minimum absolute atomic E-state index is 0.0491. The predicted octanol–water partition coefficient (Wildman–Crippen LogP) is 3.65. The number of ether oxygens (including phenoxy) is 1. The highest BCUT2D eigenvalue weighted by molar-refractivity contribution is 5.95. The first-order valence-electron chi connectivity index (χ1n) is 9.97. The molecule has 0 aliphatic rings. The van der Waals surface area contributed by atoms with E-state index < -0.39 is 24.4 Å². The predicted molar refractivity (Wildman–Crippen MR) is 116 cm³/mol. The number of esters is 1. The Hall–Kier alpha value is -3.82. The third-order valence-corrected chi connectivity index (χ3v) is 4.59. The molecule has 1 aromatic carbocycles. The first-order valence-corrected chi connectivity index (χ1v) is 9.97. The van der Waals surface area contributed by atoms with Crippen molar-refractivity contribution in [2.75, 3.05) is 18.5 Å². The highest BCUT2D eigenvalue weighted by Gasteiger charge is 2.18. The zero-order chi connectivity index (χ0) is 23.3. The maximum absolute atomic E-state index is 13.1. The summed E-state index contributed by atoms with van der Waals surface area (Å²) in [6, 6.07) is 7.65. The number of amides is 2. The Balaban J connectivity index is 2.05. The molecule has 0 aliphatic carbocycles. The van der Waals surface area contributed by atoms with E-state index in [0.717, 1.165) is 6.20 Å². The zero-order valence-corrected chi connectivity index (χ0v) is 17.5. The molecule has 0 unspecified atom stereocenters.